The molecule has 0 spiro atoms. The number of aryl methyl sites for hydroxylation is 1. The lowest BCUT2D eigenvalue weighted by Crippen LogP contribution is -2.38. The van der Waals surface area contributed by atoms with Gasteiger partial charge in [0, 0.05) is 11.5 Å². The molecule has 0 fully saturated rings. The molecular weight excluding hydrogens is 341 g/mol. The Bertz CT molecular complexity index is 820. The zero-order chi connectivity index (χ0) is 19.8. The fraction of sp³-hybridized carbons (Fsp3) is 0.421. The van der Waals surface area contributed by atoms with E-state index in [9.17, 15) is 23.9 Å². The maximum Gasteiger partial charge on any atom is 0.325 e. The van der Waals surface area contributed by atoms with Crippen LogP contribution in [-0.4, -0.2) is 34.9 Å². The summed E-state index contributed by atoms with van der Waals surface area (Å²) < 4.78 is 18.7. The third-order valence-electron chi connectivity index (χ3n) is 3.95. The Labute approximate surface area is 151 Å². The van der Waals surface area contributed by atoms with E-state index in [-0.39, 0.29) is 5.56 Å². The molecule has 0 saturated heterocycles. The number of esters is 1. The highest BCUT2D eigenvalue weighted by Gasteiger charge is 2.36. The average Bonchev–Trinajstić information content (AvgIpc) is 2.48. The first-order valence-corrected chi connectivity index (χ1v) is 8.20. The number of hydrogen-bond donors (Lipinski definition) is 2. The summed E-state index contributed by atoms with van der Waals surface area (Å²) in [5, 5.41) is 12.8. The Morgan fingerprint density at radius 1 is 1.31 bits per heavy atom. The number of amides is 1. The van der Waals surface area contributed by atoms with Crippen molar-refractivity contribution in [3.8, 4) is 0 Å². The van der Waals surface area contributed by atoms with Crippen molar-refractivity contribution in [2.24, 2.45) is 0 Å². The topological polar surface area (TPSA) is 92.7 Å². The molecular formula is C19H22FNO5. The smallest absolute Gasteiger partial charge is 0.325 e. The number of fused-ring (bicyclic) bond motifs is 1. The van der Waals surface area contributed by atoms with E-state index in [1.165, 1.54) is 19.1 Å². The van der Waals surface area contributed by atoms with Crippen LogP contribution in [0.5, 0.6) is 0 Å². The number of hydrogen-bond acceptors (Lipinski definition) is 5. The molecule has 1 atom stereocenters. The number of aliphatic hydroxyl groups is 1. The number of aliphatic hydroxyl groups excluding tert-OH is 1. The van der Waals surface area contributed by atoms with Crippen molar-refractivity contribution in [3.05, 3.63) is 40.2 Å². The lowest BCUT2D eigenvalue weighted by atomic mass is 9.80. The molecule has 2 N–H and O–H groups in total. The summed E-state index contributed by atoms with van der Waals surface area (Å²) >= 11 is 0. The Morgan fingerprint density at radius 2 is 1.92 bits per heavy atom. The van der Waals surface area contributed by atoms with E-state index in [4.69, 9.17) is 4.74 Å². The molecule has 7 heteroatoms. The highest BCUT2D eigenvalue weighted by Crippen LogP contribution is 2.37. The molecule has 6 nitrogen and oxygen atoms in total. The van der Waals surface area contributed by atoms with Gasteiger partial charge in [0.05, 0.1) is 0 Å². The van der Waals surface area contributed by atoms with Gasteiger partial charge in [0.2, 0.25) is 0 Å². The number of ether oxygens (including phenoxy) is 1. The first-order valence-electron chi connectivity index (χ1n) is 8.20. The van der Waals surface area contributed by atoms with Crippen molar-refractivity contribution >= 4 is 23.4 Å². The SMILES string of the molecule is Cc1cc(F)cc2c1C(O)=C(C(=O)NCC(=O)OC(C)(C)C)C(=O)C2C. The van der Waals surface area contributed by atoms with Gasteiger partial charge in [0.25, 0.3) is 5.91 Å². The maximum atomic E-state index is 13.6. The van der Waals surface area contributed by atoms with Gasteiger partial charge in [-0.05, 0) is 51.0 Å². The summed E-state index contributed by atoms with van der Waals surface area (Å²) in [7, 11) is 0. The molecule has 0 bridgehead atoms. The van der Waals surface area contributed by atoms with E-state index in [1.54, 1.807) is 27.7 Å². The van der Waals surface area contributed by atoms with E-state index in [1.807, 2.05) is 0 Å². The average molecular weight is 363 g/mol. The van der Waals surface area contributed by atoms with Crippen LogP contribution in [0.3, 0.4) is 0 Å². The molecule has 26 heavy (non-hydrogen) atoms. The Hall–Kier alpha value is -2.70. The van der Waals surface area contributed by atoms with Crippen molar-refractivity contribution in [3.63, 3.8) is 0 Å². The third-order valence-corrected chi connectivity index (χ3v) is 3.95. The first kappa shape index (κ1) is 19.6. The minimum atomic E-state index is -0.875. The number of ketones is 1. The molecule has 1 aromatic carbocycles. The van der Waals surface area contributed by atoms with Crippen molar-refractivity contribution in [1.29, 1.82) is 0 Å². The van der Waals surface area contributed by atoms with Crippen molar-refractivity contribution in [1.82, 2.24) is 5.32 Å². The quantitative estimate of drug-likeness (QED) is 0.636. The van der Waals surface area contributed by atoms with Crippen LogP contribution >= 0.6 is 0 Å². The molecule has 1 aromatic rings. The molecule has 0 aliphatic heterocycles. The van der Waals surface area contributed by atoms with Crippen molar-refractivity contribution in [2.45, 2.75) is 46.1 Å². The zero-order valence-corrected chi connectivity index (χ0v) is 15.4. The van der Waals surface area contributed by atoms with Gasteiger partial charge in [-0.15, -0.1) is 0 Å². The van der Waals surface area contributed by atoms with Crippen LogP contribution in [0.15, 0.2) is 17.7 Å². The number of rotatable bonds is 3. The fourth-order valence-electron chi connectivity index (χ4n) is 2.87. The largest absolute Gasteiger partial charge is 0.506 e. The second-order valence-electron chi connectivity index (χ2n) is 7.27. The maximum absolute atomic E-state index is 13.6. The molecule has 2 rings (SSSR count). The Morgan fingerprint density at radius 3 is 2.50 bits per heavy atom. The summed E-state index contributed by atoms with van der Waals surface area (Å²) in [5.74, 6) is -4.01. The predicted octanol–water partition coefficient (Wildman–Crippen LogP) is 2.55. The monoisotopic (exact) mass is 363 g/mol. The molecule has 0 radical (unpaired) electrons. The zero-order valence-electron chi connectivity index (χ0n) is 15.4. The van der Waals surface area contributed by atoms with Crippen LogP contribution in [0.4, 0.5) is 4.39 Å². The van der Waals surface area contributed by atoms with Crippen LogP contribution < -0.4 is 5.32 Å². The summed E-state index contributed by atoms with van der Waals surface area (Å²) in [6.45, 7) is 7.74. The number of carbonyl (C=O) groups is 3. The number of benzene rings is 1. The molecule has 0 heterocycles. The van der Waals surface area contributed by atoms with Gasteiger partial charge < -0.3 is 15.2 Å². The lowest BCUT2D eigenvalue weighted by molar-refractivity contribution is -0.154. The van der Waals surface area contributed by atoms with E-state index in [0.29, 0.717) is 11.1 Å². The van der Waals surface area contributed by atoms with Crippen LogP contribution in [0.1, 0.15) is 50.3 Å². The van der Waals surface area contributed by atoms with Gasteiger partial charge in [-0.25, -0.2) is 4.39 Å². The van der Waals surface area contributed by atoms with E-state index >= 15 is 0 Å². The van der Waals surface area contributed by atoms with Gasteiger partial charge in [0.15, 0.2) is 5.78 Å². The second-order valence-corrected chi connectivity index (χ2v) is 7.27. The number of Topliss-reactive ketones (excluding diaryl/α,β-unsaturated/α-hetero) is 1. The number of carbonyl (C=O) groups excluding carboxylic acids is 3. The summed E-state index contributed by atoms with van der Waals surface area (Å²) in [6.07, 6.45) is 0. The van der Waals surface area contributed by atoms with E-state index in [2.05, 4.69) is 5.32 Å². The minimum absolute atomic E-state index is 0.265. The highest BCUT2D eigenvalue weighted by molar-refractivity contribution is 6.27. The molecule has 1 aliphatic carbocycles. The Kier molecular flexibility index (Phi) is 5.21. The highest BCUT2D eigenvalue weighted by atomic mass is 19.1. The van der Waals surface area contributed by atoms with Crippen LogP contribution in [0, 0.1) is 12.7 Å². The predicted molar refractivity (Wildman–Crippen MR) is 93.0 cm³/mol. The molecule has 140 valence electrons. The molecule has 1 unspecified atom stereocenters. The second kappa shape index (κ2) is 6.90. The molecule has 1 aliphatic rings. The van der Waals surface area contributed by atoms with E-state index in [0.717, 1.165) is 0 Å². The van der Waals surface area contributed by atoms with Gasteiger partial charge in [-0.1, -0.05) is 6.92 Å². The van der Waals surface area contributed by atoms with Gasteiger partial charge in [0.1, 0.15) is 29.3 Å². The summed E-state index contributed by atoms with van der Waals surface area (Å²) in [5.41, 5.74) is -0.148. The van der Waals surface area contributed by atoms with Crippen LogP contribution in [0.2, 0.25) is 0 Å². The summed E-state index contributed by atoms with van der Waals surface area (Å²) in [4.78, 5) is 36.6. The fourth-order valence-corrected chi connectivity index (χ4v) is 2.87. The van der Waals surface area contributed by atoms with Gasteiger partial charge in [-0.2, -0.15) is 0 Å². The number of nitrogens with one attached hydrogen (secondary N) is 1. The van der Waals surface area contributed by atoms with Crippen molar-refractivity contribution in [2.75, 3.05) is 6.54 Å². The number of halogens is 1. The Balaban J connectivity index is 2.31. The van der Waals surface area contributed by atoms with E-state index < -0.39 is 52.9 Å². The van der Waals surface area contributed by atoms with Gasteiger partial charge >= 0.3 is 5.97 Å². The normalized spacial score (nSPS) is 17.0. The van der Waals surface area contributed by atoms with Crippen molar-refractivity contribution < 1.29 is 28.6 Å². The first-order chi connectivity index (χ1) is 11.9. The van der Waals surface area contributed by atoms with Crippen LogP contribution in [-0.2, 0) is 19.1 Å². The summed E-state index contributed by atoms with van der Waals surface area (Å²) in [6, 6.07) is 2.39. The molecule has 0 saturated carbocycles. The molecule has 0 aromatic heterocycles. The lowest BCUT2D eigenvalue weighted by Gasteiger charge is -2.25. The van der Waals surface area contributed by atoms with Crippen LogP contribution in [0.25, 0.3) is 5.76 Å². The third kappa shape index (κ3) is 3.92. The van der Waals surface area contributed by atoms with Gasteiger partial charge in [-0.3, -0.25) is 14.4 Å². The standard InChI is InChI=1S/C19H22FNO5/c1-9-6-11(20)7-12-10(2)16(23)15(17(24)14(9)12)18(25)21-8-13(22)26-19(3,4)5/h6-7,10,24H,8H2,1-5H3,(H,21,25). The molecule has 1 amide bonds. The minimum Gasteiger partial charge on any atom is -0.506 e.